The topological polar surface area (TPSA) is 51.7 Å². The number of amides is 1. The van der Waals surface area contributed by atoms with Crippen LogP contribution in [0, 0.1) is 5.92 Å². The van der Waals surface area contributed by atoms with Gasteiger partial charge < -0.3 is 14.4 Å². The van der Waals surface area contributed by atoms with Crippen molar-refractivity contribution in [2.45, 2.75) is 12.0 Å². The molecule has 0 N–H and O–H groups in total. The van der Waals surface area contributed by atoms with Crippen molar-refractivity contribution in [1.29, 1.82) is 0 Å². The van der Waals surface area contributed by atoms with Crippen LogP contribution < -0.4 is 4.74 Å². The number of likely N-dealkylation sites (tertiary alicyclic amines) is 1. The highest BCUT2D eigenvalue weighted by Gasteiger charge is 2.54. The Bertz CT molecular complexity index is 699. The Balaban J connectivity index is 1.37. The van der Waals surface area contributed by atoms with Crippen molar-refractivity contribution in [2.75, 3.05) is 26.3 Å². The lowest BCUT2D eigenvalue weighted by Gasteiger charge is -2.50. The standard InChI is InChI=1S/C19H20N2O3/c22-18(15-5-2-1-3-6-15)21-13-19(14-21)16(8-10-24-19)12-23-17-7-4-9-20-11-17/h1-7,9,11,16H,8,10,12-14H2. The van der Waals surface area contributed by atoms with Gasteiger partial charge in [0.15, 0.2) is 0 Å². The molecule has 3 heterocycles. The van der Waals surface area contributed by atoms with E-state index in [1.54, 1.807) is 12.4 Å². The molecular weight excluding hydrogens is 304 g/mol. The van der Waals surface area contributed by atoms with Gasteiger partial charge in [-0.25, -0.2) is 0 Å². The minimum Gasteiger partial charge on any atom is -0.492 e. The third kappa shape index (κ3) is 2.76. The molecule has 5 heteroatoms. The number of carbonyl (C=O) groups is 1. The number of hydrogen-bond donors (Lipinski definition) is 0. The lowest BCUT2D eigenvalue weighted by atomic mass is 9.81. The largest absolute Gasteiger partial charge is 0.492 e. The Hall–Kier alpha value is -2.40. The highest BCUT2D eigenvalue weighted by Crippen LogP contribution is 2.40. The molecule has 0 aliphatic carbocycles. The van der Waals surface area contributed by atoms with E-state index in [-0.39, 0.29) is 11.5 Å². The average Bonchev–Trinajstić information content (AvgIpc) is 3.04. The lowest BCUT2D eigenvalue weighted by Crippen LogP contribution is -2.66. The molecule has 2 aromatic rings. The fourth-order valence-electron chi connectivity index (χ4n) is 3.51. The van der Waals surface area contributed by atoms with Crippen LogP contribution in [-0.2, 0) is 4.74 Å². The van der Waals surface area contributed by atoms with Crippen molar-refractivity contribution in [2.24, 2.45) is 5.92 Å². The second-order valence-electron chi connectivity index (χ2n) is 6.43. The van der Waals surface area contributed by atoms with Crippen LogP contribution in [0.4, 0.5) is 0 Å². The first-order valence-electron chi connectivity index (χ1n) is 8.28. The normalized spacial score (nSPS) is 21.5. The molecule has 1 aromatic carbocycles. The SMILES string of the molecule is O=C(c1ccccc1)N1CC2(C1)OCCC2COc1cccnc1. The molecule has 2 aliphatic heterocycles. The number of pyridine rings is 1. The molecule has 4 rings (SSSR count). The van der Waals surface area contributed by atoms with Crippen LogP contribution in [0.2, 0.25) is 0 Å². The summed E-state index contributed by atoms with van der Waals surface area (Å²) in [6.07, 6.45) is 4.41. The van der Waals surface area contributed by atoms with Gasteiger partial charge in [-0.2, -0.15) is 0 Å². The van der Waals surface area contributed by atoms with Crippen molar-refractivity contribution < 1.29 is 14.3 Å². The van der Waals surface area contributed by atoms with Crippen LogP contribution in [0.15, 0.2) is 54.9 Å². The Morgan fingerprint density at radius 2 is 2.08 bits per heavy atom. The second kappa shape index (κ2) is 6.24. The zero-order valence-electron chi connectivity index (χ0n) is 13.4. The van der Waals surface area contributed by atoms with Crippen molar-refractivity contribution >= 4 is 5.91 Å². The molecule has 2 saturated heterocycles. The summed E-state index contributed by atoms with van der Waals surface area (Å²) in [5.41, 5.74) is 0.487. The number of nitrogens with zero attached hydrogens (tertiary/aromatic N) is 2. The van der Waals surface area contributed by atoms with Crippen LogP contribution in [0.25, 0.3) is 0 Å². The highest BCUT2D eigenvalue weighted by molar-refractivity contribution is 5.94. The highest BCUT2D eigenvalue weighted by atomic mass is 16.5. The van der Waals surface area contributed by atoms with E-state index < -0.39 is 0 Å². The summed E-state index contributed by atoms with van der Waals surface area (Å²) >= 11 is 0. The van der Waals surface area contributed by atoms with Gasteiger partial charge in [-0.15, -0.1) is 0 Å². The van der Waals surface area contributed by atoms with Gasteiger partial charge in [-0.1, -0.05) is 18.2 Å². The summed E-state index contributed by atoms with van der Waals surface area (Å²) in [5, 5.41) is 0. The summed E-state index contributed by atoms with van der Waals surface area (Å²) in [6, 6.07) is 13.2. The van der Waals surface area contributed by atoms with Crippen molar-refractivity contribution in [3.8, 4) is 5.75 Å². The number of benzene rings is 1. The fourth-order valence-corrected chi connectivity index (χ4v) is 3.51. The molecule has 0 radical (unpaired) electrons. The molecule has 1 amide bonds. The molecule has 2 aliphatic rings. The molecule has 1 unspecified atom stereocenters. The summed E-state index contributed by atoms with van der Waals surface area (Å²) in [6.45, 7) is 2.61. The maximum atomic E-state index is 12.5. The van der Waals surface area contributed by atoms with Gasteiger partial charge in [0, 0.05) is 24.3 Å². The molecule has 1 atom stereocenters. The van der Waals surface area contributed by atoms with Gasteiger partial charge >= 0.3 is 0 Å². The van der Waals surface area contributed by atoms with E-state index in [4.69, 9.17) is 9.47 Å². The van der Waals surface area contributed by atoms with E-state index in [2.05, 4.69) is 4.98 Å². The van der Waals surface area contributed by atoms with Gasteiger partial charge in [0.25, 0.3) is 5.91 Å². The first-order valence-corrected chi connectivity index (χ1v) is 8.28. The van der Waals surface area contributed by atoms with Gasteiger partial charge in [0.2, 0.25) is 0 Å². The molecule has 124 valence electrons. The number of carbonyl (C=O) groups excluding carboxylic acids is 1. The van der Waals surface area contributed by atoms with E-state index in [1.165, 1.54) is 0 Å². The van der Waals surface area contributed by atoms with Gasteiger partial charge in [-0.05, 0) is 30.7 Å². The van der Waals surface area contributed by atoms with E-state index >= 15 is 0 Å². The number of hydrogen-bond acceptors (Lipinski definition) is 4. The average molecular weight is 324 g/mol. The predicted octanol–water partition coefficient (Wildman–Crippen LogP) is 2.39. The Morgan fingerprint density at radius 1 is 1.25 bits per heavy atom. The molecule has 0 saturated carbocycles. The van der Waals surface area contributed by atoms with Crippen LogP contribution in [0.5, 0.6) is 5.75 Å². The van der Waals surface area contributed by atoms with E-state index in [0.717, 1.165) is 24.3 Å². The Labute approximate surface area is 141 Å². The van der Waals surface area contributed by atoms with Gasteiger partial charge in [0.1, 0.15) is 11.4 Å². The third-order valence-corrected chi connectivity index (χ3v) is 4.91. The number of aromatic nitrogens is 1. The molecule has 5 nitrogen and oxygen atoms in total. The summed E-state index contributed by atoms with van der Waals surface area (Å²) in [7, 11) is 0. The minimum atomic E-state index is -0.243. The van der Waals surface area contributed by atoms with Gasteiger partial charge in [0.05, 0.1) is 25.9 Å². The van der Waals surface area contributed by atoms with Crippen molar-refractivity contribution in [3.63, 3.8) is 0 Å². The monoisotopic (exact) mass is 324 g/mol. The quantitative estimate of drug-likeness (QED) is 0.866. The van der Waals surface area contributed by atoms with Crippen LogP contribution in [-0.4, -0.2) is 47.7 Å². The van der Waals surface area contributed by atoms with Gasteiger partial charge in [-0.3, -0.25) is 9.78 Å². The molecule has 2 fully saturated rings. The molecule has 1 spiro atoms. The van der Waals surface area contributed by atoms with Crippen molar-refractivity contribution in [1.82, 2.24) is 9.88 Å². The lowest BCUT2D eigenvalue weighted by molar-refractivity contribution is -0.122. The Kier molecular flexibility index (Phi) is 3.94. The van der Waals surface area contributed by atoms with Crippen molar-refractivity contribution in [3.05, 3.63) is 60.4 Å². The molecule has 24 heavy (non-hydrogen) atoms. The maximum absolute atomic E-state index is 12.5. The fraction of sp³-hybridized carbons (Fsp3) is 0.368. The third-order valence-electron chi connectivity index (χ3n) is 4.91. The molecule has 0 bridgehead atoms. The number of ether oxygens (including phenoxy) is 2. The Morgan fingerprint density at radius 3 is 2.83 bits per heavy atom. The maximum Gasteiger partial charge on any atom is 0.254 e. The predicted molar refractivity (Wildman–Crippen MR) is 88.9 cm³/mol. The zero-order chi connectivity index (χ0) is 16.4. The molecule has 1 aromatic heterocycles. The summed E-state index contributed by atoms with van der Waals surface area (Å²) in [4.78, 5) is 18.4. The minimum absolute atomic E-state index is 0.0728. The van der Waals surface area contributed by atoms with E-state index in [1.807, 2.05) is 47.4 Å². The van der Waals surface area contributed by atoms with Crippen LogP contribution >= 0.6 is 0 Å². The first-order chi connectivity index (χ1) is 11.8. The summed E-state index contributed by atoms with van der Waals surface area (Å²) < 4.78 is 11.9. The van der Waals surface area contributed by atoms with Crippen LogP contribution in [0.1, 0.15) is 16.8 Å². The van der Waals surface area contributed by atoms with E-state index in [0.29, 0.717) is 25.6 Å². The molecular formula is C19H20N2O3. The summed E-state index contributed by atoms with van der Waals surface area (Å²) in [5.74, 6) is 1.15. The zero-order valence-corrected chi connectivity index (χ0v) is 13.4. The second-order valence-corrected chi connectivity index (χ2v) is 6.43. The van der Waals surface area contributed by atoms with E-state index in [9.17, 15) is 4.79 Å². The smallest absolute Gasteiger partial charge is 0.254 e. The van der Waals surface area contributed by atoms with Crippen LogP contribution in [0.3, 0.4) is 0 Å². The number of rotatable bonds is 4. The first kappa shape index (κ1) is 15.1.